The molecule has 1 aliphatic rings. The van der Waals surface area contributed by atoms with Crippen molar-refractivity contribution in [3.63, 3.8) is 0 Å². The summed E-state index contributed by atoms with van der Waals surface area (Å²) in [5.74, 6) is 0. The van der Waals surface area contributed by atoms with Crippen molar-refractivity contribution in [3.8, 4) is 0 Å². The van der Waals surface area contributed by atoms with Gasteiger partial charge in [-0.2, -0.15) is 4.31 Å². The van der Waals surface area contributed by atoms with E-state index < -0.39 is 20.0 Å². The number of benzene rings is 2. The predicted molar refractivity (Wildman–Crippen MR) is 106 cm³/mol. The van der Waals surface area contributed by atoms with Gasteiger partial charge in [-0.25, -0.2) is 22.0 Å². The lowest BCUT2D eigenvalue weighted by Gasteiger charge is -2.25. The highest BCUT2D eigenvalue weighted by Crippen LogP contribution is 2.25. The molecule has 10 heteroatoms. The van der Waals surface area contributed by atoms with Gasteiger partial charge in [0.25, 0.3) is 0 Å². The normalized spacial score (nSPS) is 17.9. The Morgan fingerprint density at radius 2 is 1.68 bits per heavy atom. The van der Waals surface area contributed by atoms with Gasteiger partial charge in [0, 0.05) is 24.7 Å². The molecule has 1 atom stereocenters. The van der Waals surface area contributed by atoms with Crippen LogP contribution in [-0.4, -0.2) is 40.4 Å². The van der Waals surface area contributed by atoms with Crippen LogP contribution < -0.4 is 5.14 Å². The molecule has 0 bridgehead atoms. The fourth-order valence-electron chi connectivity index (χ4n) is 3.03. The first kappa shape index (κ1) is 21.2. The number of primary sulfonamides is 1. The highest BCUT2D eigenvalue weighted by atomic mass is 35.5. The summed E-state index contributed by atoms with van der Waals surface area (Å²) in [6, 6.07) is 11.9. The SMILES string of the molecule is NS(=O)(=O)c1ccc(S(=O)(=O)N(Cc2ccccc2Cl)C[C@H]2CCCO2)cc1. The maximum atomic E-state index is 13.2. The predicted octanol–water partition coefficient (Wildman–Crippen LogP) is 2.36. The summed E-state index contributed by atoms with van der Waals surface area (Å²) in [6.07, 6.45) is 1.47. The molecule has 1 aliphatic heterocycles. The van der Waals surface area contributed by atoms with Gasteiger partial charge in [0.15, 0.2) is 0 Å². The Labute approximate surface area is 170 Å². The molecule has 2 aromatic carbocycles. The molecule has 0 radical (unpaired) electrons. The molecule has 0 spiro atoms. The maximum Gasteiger partial charge on any atom is 0.243 e. The number of rotatable bonds is 7. The Bertz CT molecular complexity index is 1030. The summed E-state index contributed by atoms with van der Waals surface area (Å²) < 4.78 is 56.3. The number of hydrogen-bond donors (Lipinski definition) is 1. The zero-order valence-corrected chi connectivity index (χ0v) is 17.4. The van der Waals surface area contributed by atoms with E-state index in [2.05, 4.69) is 0 Å². The monoisotopic (exact) mass is 444 g/mol. The minimum atomic E-state index is -3.91. The third kappa shape index (κ3) is 4.91. The van der Waals surface area contributed by atoms with Crippen LogP contribution in [0.15, 0.2) is 58.3 Å². The summed E-state index contributed by atoms with van der Waals surface area (Å²) in [4.78, 5) is -0.173. The van der Waals surface area contributed by atoms with Crippen LogP contribution >= 0.6 is 11.6 Å². The molecule has 7 nitrogen and oxygen atoms in total. The Hall–Kier alpha value is -1.49. The molecule has 1 fully saturated rings. The van der Waals surface area contributed by atoms with Gasteiger partial charge in [-0.3, -0.25) is 0 Å². The minimum Gasteiger partial charge on any atom is -0.377 e. The summed E-state index contributed by atoms with van der Waals surface area (Å²) >= 11 is 6.22. The fraction of sp³-hybridized carbons (Fsp3) is 0.333. The van der Waals surface area contributed by atoms with E-state index in [1.54, 1.807) is 24.3 Å². The van der Waals surface area contributed by atoms with Crippen LogP contribution in [0.1, 0.15) is 18.4 Å². The third-order valence-corrected chi connectivity index (χ3v) is 7.65. The van der Waals surface area contributed by atoms with Crippen LogP contribution in [0.5, 0.6) is 0 Å². The lowest BCUT2D eigenvalue weighted by molar-refractivity contribution is 0.0926. The van der Waals surface area contributed by atoms with E-state index in [-0.39, 0.29) is 29.0 Å². The molecule has 1 saturated heterocycles. The van der Waals surface area contributed by atoms with Crippen LogP contribution in [0.4, 0.5) is 0 Å². The van der Waals surface area contributed by atoms with Crippen LogP contribution in [0.2, 0.25) is 5.02 Å². The largest absolute Gasteiger partial charge is 0.377 e. The van der Waals surface area contributed by atoms with Crippen molar-refractivity contribution in [1.82, 2.24) is 4.31 Å². The lowest BCUT2D eigenvalue weighted by atomic mass is 10.2. The van der Waals surface area contributed by atoms with Gasteiger partial charge in [-0.15, -0.1) is 0 Å². The second-order valence-corrected chi connectivity index (χ2v) is 10.4. The van der Waals surface area contributed by atoms with Crippen molar-refractivity contribution in [2.45, 2.75) is 35.3 Å². The molecule has 0 saturated carbocycles. The topological polar surface area (TPSA) is 107 Å². The van der Waals surface area contributed by atoms with E-state index in [0.29, 0.717) is 17.2 Å². The van der Waals surface area contributed by atoms with Gasteiger partial charge < -0.3 is 4.74 Å². The highest BCUT2D eigenvalue weighted by Gasteiger charge is 2.30. The Balaban J connectivity index is 1.94. The van der Waals surface area contributed by atoms with Crippen molar-refractivity contribution in [2.24, 2.45) is 5.14 Å². The highest BCUT2D eigenvalue weighted by molar-refractivity contribution is 7.89. The van der Waals surface area contributed by atoms with Crippen LogP contribution in [-0.2, 0) is 31.3 Å². The first-order valence-electron chi connectivity index (χ1n) is 8.66. The van der Waals surface area contributed by atoms with E-state index in [4.69, 9.17) is 21.5 Å². The summed E-state index contributed by atoms with van der Waals surface area (Å²) in [6.45, 7) is 0.872. The zero-order valence-electron chi connectivity index (χ0n) is 15.0. The quantitative estimate of drug-likeness (QED) is 0.705. The Morgan fingerprint density at radius 3 is 2.25 bits per heavy atom. The van der Waals surface area contributed by atoms with Crippen molar-refractivity contribution in [2.75, 3.05) is 13.2 Å². The Kier molecular flexibility index (Phi) is 6.43. The number of halogens is 1. The fourth-order valence-corrected chi connectivity index (χ4v) is 5.19. The molecule has 28 heavy (non-hydrogen) atoms. The molecule has 0 aromatic heterocycles. The molecule has 0 aliphatic carbocycles. The second-order valence-electron chi connectivity index (χ2n) is 6.54. The molecule has 152 valence electrons. The first-order valence-corrected chi connectivity index (χ1v) is 12.0. The summed E-state index contributed by atoms with van der Waals surface area (Å²) in [5, 5.41) is 5.56. The number of nitrogens with two attached hydrogens (primary N) is 1. The summed E-state index contributed by atoms with van der Waals surface area (Å²) in [7, 11) is -7.81. The minimum absolute atomic E-state index is 0.0232. The number of nitrogens with zero attached hydrogens (tertiary/aromatic N) is 1. The van der Waals surface area contributed by atoms with Crippen molar-refractivity contribution in [3.05, 3.63) is 59.1 Å². The van der Waals surface area contributed by atoms with Crippen molar-refractivity contribution < 1.29 is 21.6 Å². The van der Waals surface area contributed by atoms with Crippen LogP contribution in [0.3, 0.4) is 0 Å². The van der Waals surface area contributed by atoms with Crippen molar-refractivity contribution >= 4 is 31.6 Å². The smallest absolute Gasteiger partial charge is 0.243 e. The van der Waals surface area contributed by atoms with E-state index in [1.807, 2.05) is 0 Å². The molecule has 0 amide bonds. The number of hydrogen-bond acceptors (Lipinski definition) is 5. The average Bonchev–Trinajstić information content (AvgIpc) is 3.15. The van der Waals surface area contributed by atoms with Gasteiger partial charge in [-0.05, 0) is 48.7 Å². The van der Waals surface area contributed by atoms with Crippen LogP contribution in [0.25, 0.3) is 0 Å². The zero-order chi connectivity index (χ0) is 20.4. The van der Waals surface area contributed by atoms with E-state index >= 15 is 0 Å². The lowest BCUT2D eigenvalue weighted by Crippen LogP contribution is -2.37. The molecule has 2 N–H and O–H groups in total. The van der Waals surface area contributed by atoms with Gasteiger partial charge in [0.2, 0.25) is 20.0 Å². The molecule has 1 heterocycles. The average molecular weight is 445 g/mol. The molecular weight excluding hydrogens is 424 g/mol. The van der Waals surface area contributed by atoms with Gasteiger partial charge in [0.05, 0.1) is 15.9 Å². The number of ether oxygens (including phenoxy) is 1. The van der Waals surface area contributed by atoms with E-state index in [0.717, 1.165) is 12.8 Å². The van der Waals surface area contributed by atoms with E-state index in [1.165, 1.54) is 28.6 Å². The molecule has 0 unspecified atom stereocenters. The first-order chi connectivity index (χ1) is 13.2. The third-order valence-electron chi connectivity index (χ3n) is 4.53. The van der Waals surface area contributed by atoms with Gasteiger partial charge >= 0.3 is 0 Å². The maximum absolute atomic E-state index is 13.2. The molecule has 3 rings (SSSR count). The second kappa shape index (κ2) is 8.48. The number of sulfonamides is 2. The molecule has 2 aromatic rings. The van der Waals surface area contributed by atoms with Crippen molar-refractivity contribution in [1.29, 1.82) is 0 Å². The van der Waals surface area contributed by atoms with Gasteiger partial charge in [-0.1, -0.05) is 29.8 Å². The van der Waals surface area contributed by atoms with Crippen LogP contribution in [0, 0.1) is 0 Å². The van der Waals surface area contributed by atoms with E-state index in [9.17, 15) is 16.8 Å². The standard InChI is InChI=1S/C18H21ClN2O5S2/c19-18-6-2-1-4-14(18)12-21(13-15-5-3-11-26-15)28(24,25)17-9-7-16(8-10-17)27(20,22)23/h1-2,4,6-10,15H,3,5,11-13H2,(H2,20,22,23)/t15-/m1/s1. The molecular formula is C18H21ClN2O5S2. The van der Waals surface area contributed by atoms with Gasteiger partial charge in [0.1, 0.15) is 0 Å². The summed E-state index contributed by atoms with van der Waals surface area (Å²) in [5.41, 5.74) is 0.673. The Morgan fingerprint density at radius 1 is 1.04 bits per heavy atom.